The summed E-state index contributed by atoms with van der Waals surface area (Å²) in [5.41, 5.74) is 2.35. The van der Waals surface area contributed by atoms with E-state index in [1.54, 1.807) is 0 Å². The number of aromatic nitrogens is 2. The van der Waals surface area contributed by atoms with Crippen LogP contribution in [0.15, 0.2) is 6.20 Å². The molecule has 3 nitrogen and oxygen atoms in total. The third-order valence-corrected chi connectivity index (χ3v) is 3.12. The maximum Gasteiger partial charge on any atom is 0.0853 e. The smallest absolute Gasteiger partial charge is 0.0853 e. The number of aryl methyl sites for hydroxylation is 2. The van der Waals surface area contributed by atoms with Gasteiger partial charge in [-0.15, -0.1) is 0 Å². The number of nitrogens with one attached hydrogen (secondary N) is 1. The molecule has 0 amide bonds. The zero-order valence-corrected chi connectivity index (χ0v) is 10.5. The minimum absolute atomic E-state index is 0.504. The molecule has 0 bridgehead atoms. The van der Waals surface area contributed by atoms with E-state index in [1.165, 1.54) is 12.1 Å². The summed E-state index contributed by atoms with van der Waals surface area (Å²) in [6.45, 7) is 8.88. The standard InChI is InChI=1S/C12H23N3/c1-6-9(3)10(4)13-12-8-15(5)14-11(12)7-2/h8-10,13H,6-7H2,1-5H3. The Kier molecular flexibility index (Phi) is 4.18. The van der Waals surface area contributed by atoms with Crippen LogP contribution in [0.3, 0.4) is 0 Å². The van der Waals surface area contributed by atoms with E-state index in [4.69, 9.17) is 0 Å². The number of rotatable bonds is 5. The van der Waals surface area contributed by atoms with Gasteiger partial charge in [-0.3, -0.25) is 4.68 Å². The Bertz CT molecular complexity index is 304. The van der Waals surface area contributed by atoms with Gasteiger partial charge in [0.2, 0.25) is 0 Å². The van der Waals surface area contributed by atoms with Crippen LogP contribution in [0, 0.1) is 5.92 Å². The van der Waals surface area contributed by atoms with Crippen LogP contribution >= 0.6 is 0 Å². The molecule has 0 saturated carbocycles. The van der Waals surface area contributed by atoms with Gasteiger partial charge in [0.05, 0.1) is 11.4 Å². The second kappa shape index (κ2) is 5.19. The molecule has 86 valence electrons. The predicted octanol–water partition coefficient (Wildman–Crippen LogP) is 2.83. The van der Waals surface area contributed by atoms with E-state index in [-0.39, 0.29) is 0 Å². The van der Waals surface area contributed by atoms with Crippen molar-refractivity contribution in [2.45, 2.75) is 46.6 Å². The quantitative estimate of drug-likeness (QED) is 0.808. The lowest BCUT2D eigenvalue weighted by molar-refractivity contribution is 0.494. The molecule has 0 radical (unpaired) electrons. The minimum Gasteiger partial charge on any atom is -0.380 e. The van der Waals surface area contributed by atoms with Gasteiger partial charge in [-0.25, -0.2) is 0 Å². The Balaban J connectivity index is 2.70. The van der Waals surface area contributed by atoms with Crippen molar-refractivity contribution < 1.29 is 0 Å². The van der Waals surface area contributed by atoms with Gasteiger partial charge in [0.1, 0.15) is 0 Å². The van der Waals surface area contributed by atoms with E-state index in [0.717, 1.165) is 12.1 Å². The lowest BCUT2D eigenvalue weighted by Crippen LogP contribution is -2.23. The van der Waals surface area contributed by atoms with Crippen molar-refractivity contribution in [2.75, 3.05) is 5.32 Å². The first-order chi connectivity index (χ1) is 7.08. The van der Waals surface area contributed by atoms with Crippen LogP contribution in [-0.2, 0) is 13.5 Å². The van der Waals surface area contributed by atoms with Crippen molar-refractivity contribution in [3.63, 3.8) is 0 Å². The van der Waals surface area contributed by atoms with Crippen LogP contribution in [0.5, 0.6) is 0 Å². The minimum atomic E-state index is 0.504. The van der Waals surface area contributed by atoms with Crippen LogP contribution < -0.4 is 5.32 Å². The number of nitrogens with zero attached hydrogens (tertiary/aromatic N) is 2. The van der Waals surface area contributed by atoms with Gasteiger partial charge < -0.3 is 5.32 Å². The summed E-state index contributed by atoms with van der Waals surface area (Å²) in [4.78, 5) is 0. The van der Waals surface area contributed by atoms with Crippen molar-refractivity contribution in [3.8, 4) is 0 Å². The van der Waals surface area contributed by atoms with Gasteiger partial charge in [0.15, 0.2) is 0 Å². The van der Waals surface area contributed by atoms with Gasteiger partial charge in [-0.1, -0.05) is 27.2 Å². The van der Waals surface area contributed by atoms with E-state index in [1.807, 2.05) is 11.7 Å². The van der Waals surface area contributed by atoms with E-state index in [0.29, 0.717) is 12.0 Å². The molecule has 3 heteroatoms. The summed E-state index contributed by atoms with van der Waals surface area (Å²) in [5, 5.41) is 7.97. The molecule has 2 atom stereocenters. The normalized spacial score (nSPS) is 15.0. The van der Waals surface area contributed by atoms with Crippen molar-refractivity contribution in [1.29, 1.82) is 0 Å². The fourth-order valence-electron chi connectivity index (χ4n) is 1.66. The Hall–Kier alpha value is -0.990. The fourth-order valence-corrected chi connectivity index (χ4v) is 1.66. The first kappa shape index (κ1) is 12.1. The molecule has 1 aromatic rings. The predicted molar refractivity (Wildman–Crippen MR) is 65.1 cm³/mol. The van der Waals surface area contributed by atoms with E-state index < -0.39 is 0 Å². The molecule has 1 aromatic heterocycles. The average molecular weight is 209 g/mol. The van der Waals surface area contributed by atoms with Crippen molar-refractivity contribution >= 4 is 5.69 Å². The van der Waals surface area contributed by atoms with Gasteiger partial charge in [0, 0.05) is 19.3 Å². The number of hydrogen-bond acceptors (Lipinski definition) is 2. The lowest BCUT2D eigenvalue weighted by Gasteiger charge is -2.20. The van der Waals surface area contributed by atoms with E-state index in [9.17, 15) is 0 Å². The molecule has 0 saturated heterocycles. The molecule has 0 aliphatic heterocycles. The van der Waals surface area contributed by atoms with Gasteiger partial charge in [-0.05, 0) is 19.3 Å². The highest BCUT2D eigenvalue weighted by atomic mass is 15.3. The maximum atomic E-state index is 4.42. The molecule has 1 heterocycles. The first-order valence-electron chi connectivity index (χ1n) is 5.87. The summed E-state index contributed by atoms with van der Waals surface area (Å²) >= 11 is 0. The largest absolute Gasteiger partial charge is 0.380 e. The highest BCUT2D eigenvalue weighted by Crippen LogP contribution is 2.18. The lowest BCUT2D eigenvalue weighted by atomic mass is 10.0. The molecule has 0 aromatic carbocycles. The molecular formula is C12H23N3. The summed E-state index contributed by atoms with van der Waals surface area (Å²) in [6.07, 6.45) is 4.25. The zero-order chi connectivity index (χ0) is 11.4. The van der Waals surface area contributed by atoms with E-state index in [2.05, 4.69) is 44.3 Å². The molecule has 2 unspecified atom stereocenters. The zero-order valence-electron chi connectivity index (χ0n) is 10.5. The molecule has 0 fully saturated rings. The molecule has 15 heavy (non-hydrogen) atoms. The topological polar surface area (TPSA) is 29.9 Å². The van der Waals surface area contributed by atoms with Crippen LogP contribution in [0.25, 0.3) is 0 Å². The Morgan fingerprint density at radius 2 is 2.07 bits per heavy atom. The number of anilines is 1. The fraction of sp³-hybridized carbons (Fsp3) is 0.750. The van der Waals surface area contributed by atoms with Crippen molar-refractivity contribution in [3.05, 3.63) is 11.9 Å². The Morgan fingerprint density at radius 1 is 1.40 bits per heavy atom. The summed E-state index contributed by atoms with van der Waals surface area (Å²) in [5.74, 6) is 0.690. The molecule has 1 rings (SSSR count). The third kappa shape index (κ3) is 2.98. The summed E-state index contributed by atoms with van der Waals surface area (Å²) in [7, 11) is 1.97. The van der Waals surface area contributed by atoms with Gasteiger partial charge >= 0.3 is 0 Å². The van der Waals surface area contributed by atoms with Crippen LogP contribution in [0.1, 0.15) is 39.8 Å². The molecular weight excluding hydrogens is 186 g/mol. The number of hydrogen-bond donors (Lipinski definition) is 1. The average Bonchev–Trinajstić information content (AvgIpc) is 2.57. The van der Waals surface area contributed by atoms with Crippen LogP contribution in [0.2, 0.25) is 0 Å². The maximum absolute atomic E-state index is 4.42. The van der Waals surface area contributed by atoms with Gasteiger partial charge in [-0.2, -0.15) is 5.10 Å². The molecule has 0 spiro atoms. The monoisotopic (exact) mass is 209 g/mol. The second-order valence-electron chi connectivity index (χ2n) is 4.34. The highest BCUT2D eigenvalue weighted by Gasteiger charge is 2.13. The second-order valence-corrected chi connectivity index (χ2v) is 4.34. The van der Waals surface area contributed by atoms with E-state index >= 15 is 0 Å². The van der Waals surface area contributed by atoms with Crippen LogP contribution in [0.4, 0.5) is 5.69 Å². The van der Waals surface area contributed by atoms with Crippen molar-refractivity contribution in [1.82, 2.24) is 9.78 Å². The summed E-state index contributed by atoms with van der Waals surface area (Å²) in [6, 6.07) is 0.504. The summed E-state index contributed by atoms with van der Waals surface area (Å²) < 4.78 is 1.88. The van der Waals surface area contributed by atoms with Crippen molar-refractivity contribution in [2.24, 2.45) is 13.0 Å². The Labute approximate surface area is 92.9 Å². The van der Waals surface area contributed by atoms with Crippen LogP contribution in [-0.4, -0.2) is 15.8 Å². The molecule has 0 aliphatic carbocycles. The first-order valence-corrected chi connectivity index (χ1v) is 5.87. The van der Waals surface area contributed by atoms with Gasteiger partial charge in [0.25, 0.3) is 0 Å². The molecule has 1 N–H and O–H groups in total. The SMILES string of the molecule is CCc1nn(C)cc1NC(C)C(C)CC. The highest BCUT2D eigenvalue weighted by molar-refractivity contribution is 5.47. The third-order valence-electron chi connectivity index (χ3n) is 3.12. The molecule has 0 aliphatic rings. The Morgan fingerprint density at radius 3 is 2.60 bits per heavy atom.